The van der Waals surface area contributed by atoms with Crippen LogP contribution in [0.1, 0.15) is 17.4 Å². The number of aromatic nitrogens is 1. The minimum Gasteiger partial charge on any atom is -0.489 e. The standard InChI is InChI=1S/C22H18ClNO3/c1-2-3-13-27-21-12-11-15(23)14-18(21)16-7-4-5-8-17(16)19-9-6-10-20(24-19)22(25)26/h2-12,14H,13H2,1H3,(H,25,26)/b3-2+. The summed E-state index contributed by atoms with van der Waals surface area (Å²) in [5.74, 6) is -0.369. The first kappa shape index (κ1) is 18.7. The van der Waals surface area contributed by atoms with Gasteiger partial charge in [-0.05, 0) is 42.8 Å². The van der Waals surface area contributed by atoms with Crippen LogP contribution in [0.3, 0.4) is 0 Å². The molecule has 3 rings (SSSR count). The normalized spacial score (nSPS) is 10.9. The van der Waals surface area contributed by atoms with E-state index < -0.39 is 5.97 Å². The molecule has 0 saturated heterocycles. The SMILES string of the molecule is C/C=C/COc1ccc(Cl)cc1-c1ccccc1-c1cccc(C(=O)O)n1. The zero-order chi connectivity index (χ0) is 19.2. The molecule has 0 radical (unpaired) electrons. The average Bonchev–Trinajstić information content (AvgIpc) is 2.69. The van der Waals surface area contributed by atoms with E-state index in [0.717, 1.165) is 16.7 Å². The zero-order valence-corrected chi connectivity index (χ0v) is 15.5. The van der Waals surface area contributed by atoms with Gasteiger partial charge in [-0.25, -0.2) is 9.78 Å². The Labute approximate surface area is 162 Å². The number of carbonyl (C=O) groups is 1. The van der Waals surface area contributed by atoms with Crippen molar-refractivity contribution in [1.82, 2.24) is 4.98 Å². The van der Waals surface area contributed by atoms with Crippen LogP contribution in [0.5, 0.6) is 5.75 Å². The van der Waals surface area contributed by atoms with E-state index in [1.54, 1.807) is 18.2 Å². The summed E-state index contributed by atoms with van der Waals surface area (Å²) >= 11 is 6.23. The highest BCUT2D eigenvalue weighted by atomic mass is 35.5. The number of hydrogen-bond donors (Lipinski definition) is 1. The van der Waals surface area contributed by atoms with Crippen molar-refractivity contribution >= 4 is 17.6 Å². The van der Waals surface area contributed by atoms with Crippen LogP contribution in [0.2, 0.25) is 5.02 Å². The molecule has 0 aliphatic rings. The Kier molecular flexibility index (Phi) is 5.89. The lowest BCUT2D eigenvalue weighted by Crippen LogP contribution is -2.01. The predicted molar refractivity (Wildman–Crippen MR) is 107 cm³/mol. The van der Waals surface area contributed by atoms with Crippen LogP contribution in [0.4, 0.5) is 0 Å². The maximum Gasteiger partial charge on any atom is 0.354 e. The Morgan fingerprint density at radius 3 is 2.59 bits per heavy atom. The van der Waals surface area contributed by atoms with E-state index in [2.05, 4.69) is 4.98 Å². The number of halogens is 1. The topological polar surface area (TPSA) is 59.4 Å². The third-order valence-corrected chi connectivity index (χ3v) is 4.21. The minimum absolute atomic E-state index is 0.00189. The monoisotopic (exact) mass is 379 g/mol. The average molecular weight is 380 g/mol. The molecule has 136 valence electrons. The van der Waals surface area contributed by atoms with Crippen LogP contribution >= 0.6 is 11.6 Å². The van der Waals surface area contributed by atoms with Gasteiger partial charge in [-0.1, -0.05) is 54.1 Å². The maximum absolute atomic E-state index is 11.3. The largest absolute Gasteiger partial charge is 0.489 e. The van der Waals surface area contributed by atoms with Gasteiger partial charge in [0.2, 0.25) is 0 Å². The molecule has 4 nitrogen and oxygen atoms in total. The molecule has 3 aromatic rings. The van der Waals surface area contributed by atoms with E-state index in [1.807, 2.05) is 55.5 Å². The first-order valence-electron chi connectivity index (χ1n) is 8.44. The van der Waals surface area contributed by atoms with Gasteiger partial charge in [0.25, 0.3) is 0 Å². The third-order valence-electron chi connectivity index (χ3n) is 3.97. The number of carboxylic acid groups (broad SMARTS) is 1. The van der Waals surface area contributed by atoms with Crippen molar-refractivity contribution in [3.8, 4) is 28.1 Å². The summed E-state index contributed by atoms with van der Waals surface area (Å²) in [6, 6.07) is 18.0. The van der Waals surface area contributed by atoms with Crippen molar-refractivity contribution in [2.75, 3.05) is 6.61 Å². The van der Waals surface area contributed by atoms with E-state index in [4.69, 9.17) is 16.3 Å². The molecule has 1 N–H and O–H groups in total. The molecule has 0 saturated carbocycles. The van der Waals surface area contributed by atoms with Gasteiger partial charge in [0.15, 0.2) is 0 Å². The molecule has 5 heteroatoms. The molecule has 0 atom stereocenters. The van der Waals surface area contributed by atoms with E-state index in [-0.39, 0.29) is 5.69 Å². The molecular formula is C22H18ClNO3. The molecule has 0 aliphatic carbocycles. The Morgan fingerprint density at radius 2 is 1.85 bits per heavy atom. The van der Waals surface area contributed by atoms with Crippen molar-refractivity contribution in [2.45, 2.75) is 6.92 Å². The zero-order valence-electron chi connectivity index (χ0n) is 14.7. The fourth-order valence-corrected chi connectivity index (χ4v) is 2.89. The van der Waals surface area contributed by atoms with Gasteiger partial charge in [0.1, 0.15) is 18.1 Å². The fourth-order valence-electron chi connectivity index (χ4n) is 2.72. The highest BCUT2D eigenvalue weighted by Gasteiger charge is 2.14. The van der Waals surface area contributed by atoms with Gasteiger partial charge in [-0.2, -0.15) is 0 Å². The van der Waals surface area contributed by atoms with Crippen LogP contribution in [0.25, 0.3) is 22.4 Å². The second kappa shape index (κ2) is 8.52. The van der Waals surface area contributed by atoms with Gasteiger partial charge in [-0.3, -0.25) is 0 Å². The van der Waals surface area contributed by atoms with E-state index in [1.165, 1.54) is 6.07 Å². The number of carboxylic acids is 1. The lowest BCUT2D eigenvalue weighted by atomic mass is 9.96. The summed E-state index contributed by atoms with van der Waals surface area (Å²) in [4.78, 5) is 15.6. The number of nitrogens with zero attached hydrogens (tertiary/aromatic N) is 1. The highest BCUT2D eigenvalue weighted by molar-refractivity contribution is 6.31. The van der Waals surface area contributed by atoms with Crippen LogP contribution in [-0.4, -0.2) is 22.7 Å². The molecule has 0 fully saturated rings. The molecule has 1 aromatic heterocycles. The molecule has 0 spiro atoms. The Morgan fingerprint density at radius 1 is 1.07 bits per heavy atom. The fraction of sp³-hybridized carbons (Fsp3) is 0.0909. The van der Waals surface area contributed by atoms with Crippen molar-refractivity contribution in [3.05, 3.63) is 83.5 Å². The summed E-state index contributed by atoms with van der Waals surface area (Å²) in [5, 5.41) is 9.83. The van der Waals surface area contributed by atoms with Crippen molar-refractivity contribution < 1.29 is 14.6 Å². The quantitative estimate of drug-likeness (QED) is 0.556. The molecule has 0 amide bonds. The van der Waals surface area contributed by atoms with Crippen LogP contribution in [0.15, 0.2) is 72.8 Å². The third kappa shape index (κ3) is 4.36. The number of rotatable bonds is 6. The minimum atomic E-state index is -1.06. The lowest BCUT2D eigenvalue weighted by molar-refractivity contribution is 0.0690. The summed E-state index contributed by atoms with van der Waals surface area (Å²) in [6.45, 7) is 2.38. The number of benzene rings is 2. The Hall–Kier alpha value is -3.11. The van der Waals surface area contributed by atoms with Crippen molar-refractivity contribution in [2.24, 2.45) is 0 Å². The highest BCUT2D eigenvalue weighted by Crippen LogP contribution is 2.38. The van der Waals surface area contributed by atoms with Crippen molar-refractivity contribution in [3.63, 3.8) is 0 Å². The summed E-state index contributed by atoms with van der Waals surface area (Å²) < 4.78 is 5.88. The smallest absolute Gasteiger partial charge is 0.354 e. The van der Waals surface area contributed by atoms with E-state index >= 15 is 0 Å². The second-order valence-electron chi connectivity index (χ2n) is 5.78. The van der Waals surface area contributed by atoms with Gasteiger partial charge in [0, 0.05) is 16.1 Å². The summed E-state index contributed by atoms with van der Waals surface area (Å²) in [7, 11) is 0. The number of hydrogen-bond acceptors (Lipinski definition) is 3. The first-order chi connectivity index (χ1) is 13.1. The van der Waals surface area contributed by atoms with E-state index in [9.17, 15) is 9.90 Å². The Balaban J connectivity index is 2.13. The van der Waals surface area contributed by atoms with Crippen LogP contribution in [0, 0.1) is 0 Å². The summed E-state index contributed by atoms with van der Waals surface area (Å²) in [6.07, 6.45) is 3.84. The number of aromatic carboxylic acids is 1. The van der Waals surface area contributed by atoms with Gasteiger partial charge in [0.05, 0.1) is 5.69 Å². The predicted octanol–water partition coefficient (Wildman–Crippen LogP) is 5.72. The molecule has 0 bridgehead atoms. The number of allylic oxidation sites excluding steroid dienone is 1. The summed E-state index contributed by atoms with van der Waals surface area (Å²) in [5.41, 5.74) is 3.07. The van der Waals surface area contributed by atoms with E-state index in [0.29, 0.717) is 23.1 Å². The number of pyridine rings is 1. The molecule has 1 heterocycles. The molecule has 0 aliphatic heterocycles. The van der Waals surface area contributed by atoms with Gasteiger partial charge < -0.3 is 9.84 Å². The molecule has 0 unspecified atom stereocenters. The molecule has 2 aromatic carbocycles. The molecular weight excluding hydrogens is 362 g/mol. The Bertz CT molecular complexity index is 998. The lowest BCUT2D eigenvalue weighted by Gasteiger charge is -2.15. The van der Waals surface area contributed by atoms with Crippen LogP contribution < -0.4 is 4.74 Å². The first-order valence-corrected chi connectivity index (χ1v) is 8.81. The number of ether oxygens (including phenoxy) is 1. The van der Waals surface area contributed by atoms with Gasteiger partial charge in [-0.15, -0.1) is 0 Å². The maximum atomic E-state index is 11.3. The van der Waals surface area contributed by atoms with Crippen LogP contribution in [-0.2, 0) is 0 Å². The van der Waals surface area contributed by atoms with Crippen molar-refractivity contribution in [1.29, 1.82) is 0 Å². The van der Waals surface area contributed by atoms with Gasteiger partial charge >= 0.3 is 5.97 Å². The molecule has 27 heavy (non-hydrogen) atoms. The second-order valence-corrected chi connectivity index (χ2v) is 6.22.